The van der Waals surface area contributed by atoms with E-state index in [1.807, 2.05) is 0 Å². The van der Waals surface area contributed by atoms with E-state index in [0.29, 0.717) is 5.56 Å². The Balaban J connectivity index is 2.63. The highest BCUT2D eigenvalue weighted by Crippen LogP contribution is 2.30. The summed E-state index contributed by atoms with van der Waals surface area (Å²) in [5, 5.41) is 0. The number of para-hydroxylation sites is 1. The SMILES string of the molecule is Cc1cc(F)ccc1-c1cccc(F)c1N. The zero-order chi connectivity index (χ0) is 11.7. The first kappa shape index (κ1) is 10.6. The van der Waals surface area contributed by atoms with Gasteiger partial charge in [0.2, 0.25) is 0 Å². The molecule has 1 nitrogen and oxygen atoms in total. The number of halogens is 2. The number of hydrogen-bond donors (Lipinski definition) is 1. The van der Waals surface area contributed by atoms with E-state index in [4.69, 9.17) is 5.73 Å². The molecule has 16 heavy (non-hydrogen) atoms. The van der Waals surface area contributed by atoms with Crippen molar-refractivity contribution in [2.75, 3.05) is 5.73 Å². The lowest BCUT2D eigenvalue weighted by molar-refractivity contribution is 0.627. The highest BCUT2D eigenvalue weighted by molar-refractivity contribution is 5.78. The van der Waals surface area contributed by atoms with Gasteiger partial charge in [0.05, 0.1) is 5.69 Å². The molecule has 82 valence electrons. The van der Waals surface area contributed by atoms with Crippen LogP contribution in [0.15, 0.2) is 36.4 Å². The van der Waals surface area contributed by atoms with Crippen molar-refractivity contribution in [2.24, 2.45) is 0 Å². The van der Waals surface area contributed by atoms with Crippen molar-refractivity contribution >= 4 is 5.69 Å². The average Bonchev–Trinajstić information content (AvgIpc) is 2.23. The molecule has 2 rings (SSSR count). The Morgan fingerprint density at radius 1 is 1.00 bits per heavy atom. The van der Waals surface area contributed by atoms with Crippen LogP contribution in [0.5, 0.6) is 0 Å². The van der Waals surface area contributed by atoms with Crippen LogP contribution in [0.2, 0.25) is 0 Å². The van der Waals surface area contributed by atoms with Crippen molar-refractivity contribution in [1.82, 2.24) is 0 Å². The zero-order valence-electron chi connectivity index (χ0n) is 8.80. The Hall–Kier alpha value is -1.90. The van der Waals surface area contributed by atoms with Gasteiger partial charge < -0.3 is 5.73 Å². The van der Waals surface area contributed by atoms with E-state index in [-0.39, 0.29) is 11.5 Å². The summed E-state index contributed by atoms with van der Waals surface area (Å²) in [6, 6.07) is 8.96. The number of hydrogen-bond acceptors (Lipinski definition) is 1. The molecule has 0 bridgehead atoms. The molecule has 2 aromatic rings. The van der Waals surface area contributed by atoms with Gasteiger partial charge in [0.1, 0.15) is 11.6 Å². The maximum Gasteiger partial charge on any atom is 0.146 e. The summed E-state index contributed by atoms with van der Waals surface area (Å²) >= 11 is 0. The molecule has 2 N–H and O–H groups in total. The molecule has 0 saturated carbocycles. The molecule has 0 aliphatic heterocycles. The van der Waals surface area contributed by atoms with Crippen LogP contribution in [0.1, 0.15) is 5.56 Å². The number of nitrogen functional groups attached to an aromatic ring is 1. The first-order valence-corrected chi connectivity index (χ1v) is 4.90. The van der Waals surface area contributed by atoms with E-state index < -0.39 is 5.82 Å². The van der Waals surface area contributed by atoms with Crippen LogP contribution in [0.4, 0.5) is 14.5 Å². The second kappa shape index (κ2) is 3.93. The fraction of sp³-hybridized carbons (Fsp3) is 0.0769. The molecule has 0 radical (unpaired) electrons. The maximum absolute atomic E-state index is 13.3. The van der Waals surface area contributed by atoms with Gasteiger partial charge in [-0.15, -0.1) is 0 Å². The molecule has 0 saturated heterocycles. The molecular formula is C13H11F2N. The lowest BCUT2D eigenvalue weighted by atomic mass is 9.99. The third kappa shape index (κ3) is 1.76. The second-order valence-electron chi connectivity index (χ2n) is 3.66. The van der Waals surface area contributed by atoms with Crippen molar-refractivity contribution in [3.8, 4) is 11.1 Å². The summed E-state index contributed by atoms with van der Waals surface area (Å²) in [6.07, 6.45) is 0. The van der Waals surface area contributed by atoms with Crippen LogP contribution in [0, 0.1) is 18.6 Å². The van der Waals surface area contributed by atoms with Gasteiger partial charge in [0.15, 0.2) is 0 Å². The van der Waals surface area contributed by atoms with Crippen LogP contribution in [-0.2, 0) is 0 Å². The summed E-state index contributed by atoms with van der Waals surface area (Å²) in [5.74, 6) is -0.766. The molecular weight excluding hydrogens is 208 g/mol. The van der Waals surface area contributed by atoms with Gasteiger partial charge in [-0.25, -0.2) is 8.78 Å². The minimum atomic E-state index is -0.457. The Labute approximate surface area is 92.5 Å². The van der Waals surface area contributed by atoms with Gasteiger partial charge in [0, 0.05) is 5.56 Å². The van der Waals surface area contributed by atoms with E-state index in [1.165, 1.54) is 18.2 Å². The third-order valence-electron chi connectivity index (χ3n) is 2.53. The third-order valence-corrected chi connectivity index (χ3v) is 2.53. The normalized spacial score (nSPS) is 10.4. The van der Waals surface area contributed by atoms with E-state index in [2.05, 4.69) is 0 Å². The van der Waals surface area contributed by atoms with Gasteiger partial charge in [-0.05, 0) is 36.2 Å². The highest BCUT2D eigenvalue weighted by atomic mass is 19.1. The minimum absolute atomic E-state index is 0.0946. The van der Waals surface area contributed by atoms with Crippen molar-refractivity contribution in [2.45, 2.75) is 6.92 Å². The minimum Gasteiger partial charge on any atom is -0.396 e. The van der Waals surface area contributed by atoms with E-state index >= 15 is 0 Å². The molecule has 0 atom stereocenters. The first-order valence-electron chi connectivity index (χ1n) is 4.90. The van der Waals surface area contributed by atoms with Crippen molar-refractivity contribution < 1.29 is 8.78 Å². The van der Waals surface area contributed by atoms with Crippen LogP contribution < -0.4 is 5.73 Å². The molecule has 0 aliphatic rings. The standard InChI is InChI=1S/C13H11F2N/c1-8-7-9(14)5-6-10(8)11-3-2-4-12(15)13(11)16/h2-7H,16H2,1H3. The maximum atomic E-state index is 13.3. The number of rotatable bonds is 1. The predicted octanol–water partition coefficient (Wildman–Crippen LogP) is 3.52. The monoisotopic (exact) mass is 219 g/mol. The van der Waals surface area contributed by atoms with Gasteiger partial charge in [-0.3, -0.25) is 0 Å². The summed E-state index contributed by atoms with van der Waals surface area (Å²) in [5.41, 5.74) is 7.82. The highest BCUT2D eigenvalue weighted by Gasteiger charge is 2.09. The molecule has 0 spiro atoms. The van der Waals surface area contributed by atoms with Crippen molar-refractivity contribution in [3.05, 3.63) is 53.6 Å². The zero-order valence-corrected chi connectivity index (χ0v) is 8.80. The summed E-state index contributed by atoms with van der Waals surface area (Å²) in [4.78, 5) is 0. The summed E-state index contributed by atoms with van der Waals surface area (Å²) < 4.78 is 26.2. The van der Waals surface area contributed by atoms with Crippen molar-refractivity contribution in [3.63, 3.8) is 0 Å². The molecule has 3 heteroatoms. The van der Waals surface area contributed by atoms with Crippen LogP contribution in [0.25, 0.3) is 11.1 Å². The molecule has 0 unspecified atom stereocenters. The molecule has 0 aliphatic carbocycles. The molecule has 0 fully saturated rings. The van der Waals surface area contributed by atoms with Crippen LogP contribution in [0.3, 0.4) is 0 Å². The van der Waals surface area contributed by atoms with E-state index in [0.717, 1.165) is 11.1 Å². The van der Waals surface area contributed by atoms with Gasteiger partial charge in [0.25, 0.3) is 0 Å². The Morgan fingerprint density at radius 2 is 1.75 bits per heavy atom. The molecule has 0 amide bonds. The Bertz CT molecular complexity index is 535. The predicted molar refractivity (Wildman–Crippen MR) is 60.9 cm³/mol. The van der Waals surface area contributed by atoms with Crippen LogP contribution >= 0.6 is 0 Å². The Kier molecular flexibility index (Phi) is 2.60. The van der Waals surface area contributed by atoms with Crippen molar-refractivity contribution in [1.29, 1.82) is 0 Å². The first-order chi connectivity index (χ1) is 7.59. The number of aryl methyl sites for hydroxylation is 1. The van der Waals surface area contributed by atoms with Gasteiger partial charge >= 0.3 is 0 Å². The van der Waals surface area contributed by atoms with Gasteiger partial charge in [-0.2, -0.15) is 0 Å². The lowest BCUT2D eigenvalue weighted by Gasteiger charge is -2.09. The topological polar surface area (TPSA) is 26.0 Å². The Morgan fingerprint density at radius 3 is 2.44 bits per heavy atom. The number of nitrogens with two attached hydrogens (primary N) is 1. The number of anilines is 1. The molecule has 0 aromatic heterocycles. The fourth-order valence-electron chi connectivity index (χ4n) is 1.70. The molecule has 2 aromatic carbocycles. The summed E-state index contributed by atoms with van der Waals surface area (Å²) in [6.45, 7) is 1.77. The second-order valence-corrected chi connectivity index (χ2v) is 3.66. The summed E-state index contributed by atoms with van der Waals surface area (Å²) in [7, 11) is 0. The van der Waals surface area contributed by atoms with Gasteiger partial charge in [-0.1, -0.05) is 18.2 Å². The molecule has 0 heterocycles. The van der Waals surface area contributed by atoms with E-state index in [9.17, 15) is 8.78 Å². The largest absolute Gasteiger partial charge is 0.396 e. The lowest BCUT2D eigenvalue weighted by Crippen LogP contribution is -1.95. The quantitative estimate of drug-likeness (QED) is 0.729. The van der Waals surface area contributed by atoms with E-state index in [1.54, 1.807) is 25.1 Å². The number of benzene rings is 2. The smallest absolute Gasteiger partial charge is 0.146 e. The average molecular weight is 219 g/mol. The van der Waals surface area contributed by atoms with Crippen LogP contribution in [-0.4, -0.2) is 0 Å². The fourth-order valence-corrected chi connectivity index (χ4v) is 1.70.